The summed E-state index contributed by atoms with van der Waals surface area (Å²) in [6.07, 6.45) is 5.02. The van der Waals surface area contributed by atoms with E-state index in [0.29, 0.717) is 25.0 Å². The number of nitrogens with zero attached hydrogens (tertiary/aromatic N) is 2. The molecule has 1 fully saturated rings. The van der Waals surface area contributed by atoms with Gasteiger partial charge in [-0.05, 0) is 55.5 Å². The van der Waals surface area contributed by atoms with Crippen LogP contribution in [-0.4, -0.2) is 35.7 Å². The molecule has 2 aromatic rings. The van der Waals surface area contributed by atoms with Gasteiger partial charge in [0, 0.05) is 12.2 Å². The molecule has 1 aromatic heterocycles. The average molecular weight is 432 g/mol. The Kier molecular flexibility index (Phi) is 6.99. The van der Waals surface area contributed by atoms with Crippen molar-refractivity contribution in [3.8, 4) is 0 Å². The van der Waals surface area contributed by atoms with Crippen LogP contribution in [0.15, 0.2) is 66.2 Å². The number of amides is 1. The summed E-state index contributed by atoms with van der Waals surface area (Å²) in [7, 11) is -4.10. The Balaban J connectivity index is 1.93. The SMILES string of the molecule is C=C[C@@H](C)[C@@H]1CCCC(C(=O)NCc2ccccn2)N1S(=O)(=O)c1cccc(F)c1. The van der Waals surface area contributed by atoms with Crippen molar-refractivity contribution in [3.05, 3.63) is 72.8 Å². The minimum absolute atomic E-state index is 0.159. The molecule has 0 saturated carbocycles. The summed E-state index contributed by atoms with van der Waals surface area (Å²) in [6.45, 7) is 5.87. The van der Waals surface area contributed by atoms with Crippen LogP contribution >= 0.6 is 0 Å². The molecule has 0 bridgehead atoms. The second-order valence-corrected chi connectivity index (χ2v) is 9.28. The summed E-state index contributed by atoms with van der Waals surface area (Å²) in [5.41, 5.74) is 0.678. The summed E-state index contributed by atoms with van der Waals surface area (Å²) in [6, 6.07) is 8.94. The fourth-order valence-corrected chi connectivity index (χ4v) is 5.74. The molecule has 1 N–H and O–H groups in total. The third-order valence-electron chi connectivity index (χ3n) is 5.43. The Morgan fingerprint density at radius 3 is 2.80 bits per heavy atom. The van der Waals surface area contributed by atoms with E-state index in [0.717, 1.165) is 6.07 Å². The van der Waals surface area contributed by atoms with Crippen LogP contribution in [0.5, 0.6) is 0 Å². The molecular weight excluding hydrogens is 405 g/mol. The van der Waals surface area contributed by atoms with Crippen molar-refractivity contribution in [1.29, 1.82) is 0 Å². The monoisotopic (exact) mass is 431 g/mol. The lowest BCUT2D eigenvalue weighted by atomic mass is 9.90. The maximum absolute atomic E-state index is 13.8. The number of nitrogens with one attached hydrogen (secondary N) is 1. The predicted molar refractivity (Wildman–Crippen MR) is 112 cm³/mol. The Hall–Kier alpha value is -2.58. The molecule has 1 aromatic carbocycles. The van der Waals surface area contributed by atoms with Crippen LogP contribution in [0.1, 0.15) is 31.9 Å². The predicted octanol–water partition coefficient (Wildman–Crippen LogP) is 3.27. The number of carbonyl (C=O) groups excluding carboxylic acids is 1. The molecule has 1 amide bonds. The zero-order valence-electron chi connectivity index (χ0n) is 16.9. The second kappa shape index (κ2) is 9.49. The molecule has 1 aliphatic heterocycles. The third-order valence-corrected chi connectivity index (χ3v) is 7.36. The van der Waals surface area contributed by atoms with Crippen molar-refractivity contribution in [2.24, 2.45) is 5.92 Å². The van der Waals surface area contributed by atoms with Gasteiger partial charge in [-0.3, -0.25) is 9.78 Å². The Morgan fingerprint density at radius 2 is 2.13 bits per heavy atom. The van der Waals surface area contributed by atoms with Gasteiger partial charge in [0.1, 0.15) is 11.9 Å². The molecule has 0 spiro atoms. The number of carbonyl (C=O) groups is 1. The lowest BCUT2D eigenvalue weighted by Gasteiger charge is -2.42. The first-order valence-electron chi connectivity index (χ1n) is 9.94. The maximum atomic E-state index is 13.8. The summed E-state index contributed by atoms with van der Waals surface area (Å²) in [5.74, 6) is -1.20. The molecular formula is C22H26FN3O3S. The molecule has 3 atom stereocenters. The number of aromatic nitrogens is 1. The van der Waals surface area contributed by atoms with Crippen LogP contribution in [0.4, 0.5) is 4.39 Å². The smallest absolute Gasteiger partial charge is 0.244 e. The maximum Gasteiger partial charge on any atom is 0.244 e. The van der Waals surface area contributed by atoms with Gasteiger partial charge in [0.05, 0.1) is 17.1 Å². The van der Waals surface area contributed by atoms with Crippen LogP contribution in [0.3, 0.4) is 0 Å². The van der Waals surface area contributed by atoms with E-state index in [1.165, 1.54) is 22.5 Å². The summed E-state index contributed by atoms with van der Waals surface area (Å²) < 4.78 is 42.0. The van der Waals surface area contributed by atoms with Gasteiger partial charge in [0.25, 0.3) is 0 Å². The highest BCUT2D eigenvalue weighted by Gasteiger charge is 2.44. The lowest BCUT2D eigenvalue weighted by molar-refractivity contribution is -0.126. The van der Waals surface area contributed by atoms with Gasteiger partial charge in [-0.25, -0.2) is 12.8 Å². The number of sulfonamides is 1. The largest absolute Gasteiger partial charge is 0.349 e. The first-order valence-corrected chi connectivity index (χ1v) is 11.4. The number of benzene rings is 1. The zero-order valence-corrected chi connectivity index (χ0v) is 17.7. The molecule has 30 heavy (non-hydrogen) atoms. The van der Waals surface area contributed by atoms with Gasteiger partial charge < -0.3 is 5.32 Å². The molecule has 6 nitrogen and oxygen atoms in total. The van der Waals surface area contributed by atoms with E-state index in [1.54, 1.807) is 24.4 Å². The van der Waals surface area contributed by atoms with Gasteiger partial charge in [0.15, 0.2) is 0 Å². The van der Waals surface area contributed by atoms with Gasteiger partial charge in [-0.15, -0.1) is 6.58 Å². The number of halogens is 1. The number of hydrogen-bond acceptors (Lipinski definition) is 4. The third kappa shape index (κ3) is 4.76. The molecule has 2 heterocycles. The Morgan fingerprint density at radius 1 is 1.33 bits per heavy atom. The first kappa shape index (κ1) is 22.1. The molecule has 0 radical (unpaired) electrons. The highest BCUT2D eigenvalue weighted by atomic mass is 32.2. The standard InChI is InChI=1S/C22H26FN3O3S/c1-3-16(2)20-11-7-12-21(22(27)25-15-18-9-4-5-13-24-18)26(20)30(28,29)19-10-6-8-17(23)14-19/h3-6,8-10,13-14,16,20-21H,1,7,11-12,15H2,2H3,(H,25,27)/t16-,20+,21?/m1/s1. The quantitative estimate of drug-likeness (QED) is 0.683. The molecule has 0 aliphatic carbocycles. The van der Waals surface area contributed by atoms with E-state index in [1.807, 2.05) is 13.0 Å². The highest BCUT2D eigenvalue weighted by Crippen LogP contribution is 2.34. The fraction of sp³-hybridized carbons (Fsp3) is 0.364. The van der Waals surface area contributed by atoms with E-state index in [2.05, 4.69) is 16.9 Å². The number of rotatable bonds is 7. The molecule has 8 heteroatoms. The first-order chi connectivity index (χ1) is 14.3. The minimum Gasteiger partial charge on any atom is -0.349 e. The van der Waals surface area contributed by atoms with E-state index < -0.39 is 27.9 Å². The summed E-state index contributed by atoms with van der Waals surface area (Å²) >= 11 is 0. The molecule has 3 rings (SSSR count). The summed E-state index contributed by atoms with van der Waals surface area (Å²) in [4.78, 5) is 17.1. The lowest BCUT2D eigenvalue weighted by Crippen LogP contribution is -2.57. The van der Waals surface area contributed by atoms with E-state index in [-0.39, 0.29) is 23.3 Å². The molecule has 160 valence electrons. The average Bonchev–Trinajstić information content (AvgIpc) is 2.77. The minimum atomic E-state index is -4.10. The number of hydrogen-bond donors (Lipinski definition) is 1. The zero-order chi connectivity index (χ0) is 21.7. The van der Waals surface area contributed by atoms with Crippen LogP contribution < -0.4 is 5.32 Å². The van der Waals surface area contributed by atoms with Crippen molar-refractivity contribution in [3.63, 3.8) is 0 Å². The van der Waals surface area contributed by atoms with Gasteiger partial charge in [0.2, 0.25) is 15.9 Å². The van der Waals surface area contributed by atoms with Crippen LogP contribution in [-0.2, 0) is 21.4 Å². The van der Waals surface area contributed by atoms with Gasteiger partial charge >= 0.3 is 0 Å². The van der Waals surface area contributed by atoms with Crippen LogP contribution in [0, 0.1) is 11.7 Å². The van der Waals surface area contributed by atoms with Crippen molar-refractivity contribution in [2.45, 2.75) is 49.7 Å². The topological polar surface area (TPSA) is 79.4 Å². The van der Waals surface area contributed by atoms with Crippen LogP contribution in [0.2, 0.25) is 0 Å². The van der Waals surface area contributed by atoms with E-state index in [9.17, 15) is 17.6 Å². The number of pyridine rings is 1. The van der Waals surface area contributed by atoms with Crippen molar-refractivity contribution < 1.29 is 17.6 Å². The molecule has 1 aliphatic rings. The van der Waals surface area contributed by atoms with E-state index in [4.69, 9.17) is 0 Å². The second-order valence-electron chi connectivity index (χ2n) is 7.44. The van der Waals surface area contributed by atoms with Crippen molar-refractivity contribution in [1.82, 2.24) is 14.6 Å². The Bertz CT molecular complexity index is 998. The Labute approximate surface area is 176 Å². The van der Waals surface area contributed by atoms with Crippen molar-refractivity contribution >= 4 is 15.9 Å². The van der Waals surface area contributed by atoms with Crippen molar-refractivity contribution in [2.75, 3.05) is 0 Å². The van der Waals surface area contributed by atoms with Gasteiger partial charge in [-0.2, -0.15) is 4.31 Å². The normalized spacial score (nSPS) is 21.0. The summed E-state index contributed by atoms with van der Waals surface area (Å²) in [5, 5.41) is 2.80. The van der Waals surface area contributed by atoms with Crippen LogP contribution in [0.25, 0.3) is 0 Å². The van der Waals surface area contributed by atoms with Gasteiger partial charge in [-0.1, -0.05) is 25.1 Å². The molecule has 1 unspecified atom stereocenters. The van der Waals surface area contributed by atoms with E-state index >= 15 is 0 Å². The highest BCUT2D eigenvalue weighted by molar-refractivity contribution is 7.89. The fourth-order valence-electron chi connectivity index (χ4n) is 3.80. The molecule has 1 saturated heterocycles. The number of piperidine rings is 1.